The van der Waals surface area contributed by atoms with Crippen LogP contribution in [0, 0.1) is 0 Å². The van der Waals surface area contributed by atoms with Crippen molar-refractivity contribution in [3.63, 3.8) is 0 Å². The standard InChI is InChI=1S/C10H11Cl2NS/c11-10(12)13(7-4-8-14-10)9-5-2-1-3-6-9/h1-3,5-6H,4,7-8H2. The molecule has 0 spiro atoms. The lowest BCUT2D eigenvalue weighted by Crippen LogP contribution is -2.41. The van der Waals surface area contributed by atoms with Crippen molar-refractivity contribution < 1.29 is 0 Å². The lowest BCUT2D eigenvalue weighted by atomic mass is 10.3. The van der Waals surface area contributed by atoms with Crippen LogP contribution in [-0.2, 0) is 0 Å². The van der Waals surface area contributed by atoms with Gasteiger partial charge in [-0.1, -0.05) is 41.4 Å². The Bertz CT molecular complexity index is 302. The van der Waals surface area contributed by atoms with Crippen LogP contribution in [0.1, 0.15) is 6.42 Å². The maximum atomic E-state index is 6.23. The summed E-state index contributed by atoms with van der Waals surface area (Å²) in [4.78, 5) is 2.03. The minimum atomic E-state index is -0.806. The third-order valence-corrected chi connectivity index (χ3v) is 4.31. The summed E-state index contributed by atoms with van der Waals surface area (Å²) < 4.78 is -0.806. The molecule has 2 rings (SSSR count). The van der Waals surface area contributed by atoms with Crippen LogP contribution in [-0.4, -0.2) is 16.1 Å². The Morgan fingerprint density at radius 1 is 1.21 bits per heavy atom. The van der Waals surface area contributed by atoms with Crippen molar-refractivity contribution in [2.24, 2.45) is 0 Å². The summed E-state index contributed by atoms with van der Waals surface area (Å²) in [6.45, 7) is 0.921. The first kappa shape index (κ1) is 10.5. The molecule has 0 radical (unpaired) electrons. The highest BCUT2D eigenvalue weighted by molar-refractivity contribution is 8.03. The van der Waals surface area contributed by atoms with Gasteiger partial charge in [0, 0.05) is 12.2 Å². The number of alkyl halides is 2. The third-order valence-electron chi connectivity index (χ3n) is 2.18. The fraction of sp³-hybridized carbons (Fsp3) is 0.400. The second-order valence-corrected chi connectivity index (χ2v) is 6.20. The van der Waals surface area contributed by atoms with Crippen molar-refractivity contribution >= 4 is 40.7 Å². The summed E-state index contributed by atoms with van der Waals surface area (Å²) in [6.07, 6.45) is 1.13. The van der Waals surface area contributed by atoms with Crippen LogP contribution in [0.2, 0.25) is 0 Å². The van der Waals surface area contributed by atoms with Crippen molar-refractivity contribution in [2.75, 3.05) is 17.2 Å². The maximum absolute atomic E-state index is 6.23. The fourth-order valence-electron chi connectivity index (χ4n) is 1.51. The van der Waals surface area contributed by atoms with Gasteiger partial charge >= 0.3 is 0 Å². The van der Waals surface area contributed by atoms with Gasteiger partial charge in [-0.15, -0.1) is 11.8 Å². The van der Waals surface area contributed by atoms with Crippen LogP contribution >= 0.6 is 35.0 Å². The van der Waals surface area contributed by atoms with Gasteiger partial charge in [0.1, 0.15) is 0 Å². The molecule has 1 nitrogen and oxygen atoms in total. The van der Waals surface area contributed by atoms with Gasteiger partial charge in [-0.3, -0.25) is 0 Å². The number of anilines is 1. The molecule has 1 saturated heterocycles. The molecule has 1 aliphatic rings. The van der Waals surface area contributed by atoms with Crippen molar-refractivity contribution in [3.05, 3.63) is 30.3 Å². The average molecular weight is 248 g/mol. The zero-order valence-corrected chi connectivity index (χ0v) is 9.95. The smallest absolute Gasteiger partial charge is 0.238 e. The van der Waals surface area contributed by atoms with E-state index < -0.39 is 3.79 Å². The molecule has 14 heavy (non-hydrogen) atoms. The summed E-state index contributed by atoms with van der Waals surface area (Å²) in [5.74, 6) is 1.02. The molecular formula is C10H11Cl2NS. The molecule has 1 aromatic rings. The Morgan fingerprint density at radius 3 is 2.57 bits per heavy atom. The van der Waals surface area contributed by atoms with E-state index in [1.807, 2.05) is 35.2 Å². The predicted molar refractivity (Wildman–Crippen MR) is 65.3 cm³/mol. The second-order valence-electron chi connectivity index (χ2n) is 3.18. The van der Waals surface area contributed by atoms with Crippen molar-refractivity contribution in [1.29, 1.82) is 0 Å². The Balaban J connectivity index is 2.24. The average Bonchev–Trinajstić information content (AvgIpc) is 2.18. The van der Waals surface area contributed by atoms with E-state index in [2.05, 4.69) is 0 Å². The summed E-state index contributed by atoms with van der Waals surface area (Å²) >= 11 is 14.0. The number of nitrogens with zero attached hydrogens (tertiary/aromatic N) is 1. The van der Waals surface area contributed by atoms with Gasteiger partial charge in [0.25, 0.3) is 0 Å². The van der Waals surface area contributed by atoms with Gasteiger partial charge in [-0.2, -0.15) is 0 Å². The lowest BCUT2D eigenvalue weighted by Gasteiger charge is -2.39. The molecule has 0 aliphatic carbocycles. The molecule has 0 aromatic heterocycles. The molecule has 0 amide bonds. The van der Waals surface area contributed by atoms with Crippen molar-refractivity contribution in [3.8, 4) is 0 Å². The highest BCUT2D eigenvalue weighted by atomic mass is 35.5. The predicted octanol–water partition coefficient (Wildman–Crippen LogP) is 3.72. The number of hydrogen-bond acceptors (Lipinski definition) is 2. The number of hydrogen-bond donors (Lipinski definition) is 0. The van der Waals surface area contributed by atoms with Crippen molar-refractivity contribution in [2.45, 2.75) is 10.2 Å². The van der Waals surface area contributed by atoms with Crippen molar-refractivity contribution in [1.82, 2.24) is 0 Å². The maximum Gasteiger partial charge on any atom is 0.238 e. The van der Waals surface area contributed by atoms with Crippen LogP contribution in [0.4, 0.5) is 5.69 Å². The Hall–Kier alpha value is -0.0500. The van der Waals surface area contributed by atoms with Gasteiger partial charge in [-0.05, 0) is 24.3 Å². The molecule has 1 fully saturated rings. The van der Waals surface area contributed by atoms with E-state index in [1.165, 1.54) is 0 Å². The first-order chi connectivity index (χ1) is 6.70. The third kappa shape index (κ3) is 2.13. The van der Waals surface area contributed by atoms with Crippen LogP contribution in [0.5, 0.6) is 0 Å². The zero-order valence-electron chi connectivity index (χ0n) is 7.62. The summed E-state index contributed by atoms with van der Waals surface area (Å²) in [6, 6.07) is 10.1. The van der Waals surface area contributed by atoms with Crippen LogP contribution < -0.4 is 4.90 Å². The molecule has 0 atom stereocenters. The van der Waals surface area contributed by atoms with Crippen LogP contribution in [0.25, 0.3) is 0 Å². The molecule has 1 aromatic carbocycles. The number of halogens is 2. The van der Waals surface area contributed by atoms with E-state index in [-0.39, 0.29) is 0 Å². The molecular weight excluding hydrogens is 237 g/mol. The largest absolute Gasteiger partial charge is 0.332 e. The van der Waals surface area contributed by atoms with Gasteiger partial charge in [0.2, 0.25) is 3.79 Å². The molecule has 0 saturated carbocycles. The quantitative estimate of drug-likeness (QED) is 0.550. The Labute approximate surface area is 98.4 Å². The SMILES string of the molecule is ClC1(Cl)SCCCN1c1ccccc1. The lowest BCUT2D eigenvalue weighted by molar-refractivity contribution is 0.772. The van der Waals surface area contributed by atoms with E-state index in [4.69, 9.17) is 23.2 Å². The van der Waals surface area contributed by atoms with Crippen LogP contribution in [0.3, 0.4) is 0 Å². The molecule has 76 valence electrons. The van der Waals surface area contributed by atoms with E-state index in [0.717, 1.165) is 24.4 Å². The minimum absolute atomic E-state index is 0.806. The first-order valence-electron chi connectivity index (χ1n) is 4.54. The zero-order chi connectivity index (χ0) is 10.0. The summed E-state index contributed by atoms with van der Waals surface area (Å²) in [7, 11) is 0. The van der Waals surface area contributed by atoms with E-state index in [1.54, 1.807) is 11.8 Å². The van der Waals surface area contributed by atoms with Gasteiger partial charge < -0.3 is 4.90 Å². The number of thioether (sulfide) groups is 1. The molecule has 0 N–H and O–H groups in total. The van der Waals surface area contributed by atoms with E-state index >= 15 is 0 Å². The summed E-state index contributed by atoms with van der Waals surface area (Å²) in [5, 5.41) is 0. The molecule has 0 bridgehead atoms. The molecule has 1 aliphatic heterocycles. The molecule has 4 heteroatoms. The monoisotopic (exact) mass is 247 g/mol. The topological polar surface area (TPSA) is 3.24 Å². The van der Waals surface area contributed by atoms with E-state index in [0.29, 0.717) is 0 Å². The molecule has 0 unspecified atom stereocenters. The number of para-hydroxylation sites is 1. The van der Waals surface area contributed by atoms with Gasteiger partial charge in [-0.25, -0.2) is 0 Å². The number of benzene rings is 1. The fourth-order valence-corrected chi connectivity index (χ4v) is 3.21. The minimum Gasteiger partial charge on any atom is -0.332 e. The second kappa shape index (κ2) is 4.21. The Morgan fingerprint density at radius 2 is 1.93 bits per heavy atom. The normalized spacial score (nSPS) is 20.9. The molecule has 1 heterocycles. The first-order valence-corrected chi connectivity index (χ1v) is 6.29. The summed E-state index contributed by atoms with van der Waals surface area (Å²) in [5.41, 5.74) is 1.09. The van der Waals surface area contributed by atoms with Crippen LogP contribution in [0.15, 0.2) is 30.3 Å². The van der Waals surface area contributed by atoms with Gasteiger partial charge in [0.15, 0.2) is 0 Å². The highest BCUT2D eigenvalue weighted by Crippen LogP contribution is 2.44. The van der Waals surface area contributed by atoms with E-state index in [9.17, 15) is 0 Å². The highest BCUT2D eigenvalue weighted by Gasteiger charge is 2.35. The Kier molecular flexibility index (Phi) is 3.15. The van der Waals surface area contributed by atoms with Gasteiger partial charge in [0.05, 0.1) is 0 Å². The number of rotatable bonds is 1.